The number of hydrogen-bond donors (Lipinski definition) is 0. The Kier molecular flexibility index (Phi) is 6.26. The van der Waals surface area contributed by atoms with Gasteiger partial charge in [0, 0.05) is 23.4 Å². The van der Waals surface area contributed by atoms with Gasteiger partial charge in [-0.25, -0.2) is 4.98 Å². The number of rotatable bonds is 6. The zero-order chi connectivity index (χ0) is 22.8. The summed E-state index contributed by atoms with van der Waals surface area (Å²) >= 11 is 0. The third kappa shape index (κ3) is 4.24. The number of aliphatic imine (C=N–C) groups is 1. The second-order valence-corrected chi connectivity index (χ2v) is 9.01. The van der Waals surface area contributed by atoms with Gasteiger partial charge >= 0.3 is 0 Å². The monoisotopic (exact) mass is 428 g/mol. The van der Waals surface area contributed by atoms with E-state index < -0.39 is 0 Å². The number of aromatic nitrogens is 2. The Labute approximate surface area is 190 Å². The Balaban J connectivity index is 1.82. The van der Waals surface area contributed by atoms with Crippen molar-refractivity contribution in [1.29, 1.82) is 0 Å². The number of aryl methyl sites for hydroxylation is 2. The second-order valence-electron chi connectivity index (χ2n) is 9.01. The van der Waals surface area contributed by atoms with Gasteiger partial charge < -0.3 is 4.90 Å². The van der Waals surface area contributed by atoms with Crippen LogP contribution >= 0.6 is 0 Å². The third-order valence-corrected chi connectivity index (χ3v) is 6.27. The predicted octanol–water partition coefficient (Wildman–Crippen LogP) is 4.68. The molecule has 0 unspecified atom stereocenters. The van der Waals surface area contributed by atoms with Crippen LogP contribution in [0.4, 0.5) is 0 Å². The highest BCUT2D eigenvalue weighted by molar-refractivity contribution is 6.00. The average molecular weight is 429 g/mol. The maximum atomic E-state index is 13.4. The molecule has 2 heterocycles. The highest BCUT2D eigenvalue weighted by Crippen LogP contribution is 2.31. The topological polar surface area (TPSA) is 50.5 Å². The molecule has 0 spiro atoms. The number of hydrogen-bond acceptors (Lipinski definition) is 4. The van der Waals surface area contributed by atoms with Gasteiger partial charge in [-0.15, -0.1) is 0 Å². The lowest BCUT2D eigenvalue weighted by atomic mass is 9.99. The second kappa shape index (κ2) is 9.11. The molecule has 1 aliphatic heterocycles. The summed E-state index contributed by atoms with van der Waals surface area (Å²) in [7, 11) is 0. The van der Waals surface area contributed by atoms with Crippen LogP contribution in [0.15, 0.2) is 64.4 Å². The van der Waals surface area contributed by atoms with Gasteiger partial charge in [0.1, 0.15) is 11.7 Å². The Morgan fingerprint density at radius 3 is 2.31 bits per heavy atom. The van der Waals surface area contributed by atoms with Crippen LogP contribution in [-0.2, 0) is 6.54 Å². The first kappa shape index (κ1) is 22.0. The summed E-state index contributed by atoms with van der Waals surface area (Å²) in [6.07, 6.45) is 0. The van der Waals surface area contributed by atoms with Crippen LogP contribution in [0.2, 0.25) is 0 Å². The van der Waals surface area contributed by atoms with Crippen molar-refractivity contribution in [1.82, 2.24) is 14.5 Å². The van der Waals surface area contributed by atoms with Crippen LogP contribution in [0.5, 0.6) is 0 Å². The van der Waals surface area contributed by atoms with E-state index >= 15 is 0 Å². The Hall–Kier alpha value is -3.21. The van der Waals surface area contributed by atoms with Crippen molar-refractivity contribution >= 4 is 5.84 Å². The fraction of sp³-hybridized carbons (Fsp3) is 0.370. The summed E-state index contributed by atoms with van der Waals surface area (Å²) < 4.78 is 1.87. The van der Waals surface area contributed by atoms with Crippen molar-refractivity contribution < 1.29 is 0 Å². The molecule has 4 rings (SSSR count). The van der Waals surface area contributed by atoms with Crippen molar-refractivity contribution in [3.05, 3.63) is 98.7 Å². The summed E-state index contributed by atoms with van der Waals surface area (Å²) in [5.74, 6) is 2.06. The lowest BCUT2D eigenvalue weighted by Crippen LogP contribution is -2.41. The van der Waals surface area contributed by atoms with Gasteiger partial charge in [-0.2, -0.15) is 0 Å². The molecule has 0 fully saturated rings. The first-order chi connectivity index (χ1) is 15.4. The molecule has 32 heavy (non-hydrogen) atoms. The molecule has 3 aromatic rings. The van der Waals surface area contributed by atoms with E-state index in [0.717, 1.165) is 41.6 Å². The number of nitrogens with zero attached hydrogens (tertiary/aromatic N) is 4. The smallest absolute Gasteiger partial charge is 0.257 e. The quantitative estimate of drug-likeness (QED) is 0.573. The van der Waals surface area contributed by atoms with E-state index in [1.54, 1.807) is 0 Å². The van der Waals surface area contributed by atoms with Crippen molar-refractivity contribution in [3.8, 4) is 0 Å². The summed E-state index contributed by atoms with van der Waals surface area (Å²) in [5.41, 5.74) is 4.98. The van der Waals surface area contributed by atoms with Gasteiger partial charge in [0.2, 0.25) is 0 Å². The van der Waals surface area contributed by atoms with Gasteiger partial charge in [-0.3, -0.25) is 14.4 Å². The van der Waals surface area contributed by atoms with Crippen LogP contribution in [0.1, 0.15) is 53.7 Å². The van der Waals surface area contributed by atoms with Gasteiger partial charge in [0.05, 0.1) is 19.1 Å². The molecule has 166 valence electrons. The molecule has 0 amide bonds. The van der Waals surface area contributed by atoms with E-state index in [0.29, 0.717) is 12.1 Å². The largest absolute Gasteiger partial charge is 0.344 e. The SMILES string of the molecule is Cc1ccc(C2=NCCN2[C@@H](c2nc(C)c(C)c(=O)n2Cc2ccccc2)C(C)C)cc1. The van der Waals surface area contributed by atoms with Gasteiger partial charge in [-0.05, 0) is 32.3 Å². The molecule has 2 aromatic carbocycles. The minimum atomic E-state index is -0.0479. The number of benzene rings is 2. The van der Waals surface area contributed by atoms with Crippen molar-refractivity contribution in [2.45, 2.75) is 47.2 Å². The van der Waals surface area contributed by atoms with E-state index in [4.69, 9.17) is 9.98 Å². The third-order valence-electron chi connectivity index (χ3n) is 6.27. The summed E-state index contributed by atoms with van der Waals surface area (Å²) in [6, 6.07) is 18.6. The van der Waals surface area contributed by atoms with Crippen LogP contribution in [0.3, 0.4) is 0 Å². The maximum Gasteiger partial charge on any atom is 0.257 e. The standard InChI is InChI=1S/C27H32N4O/c1-18(2)24(30-16-15-28-25(30)23-13-11-19(3)12-14-23)26-29-21(5)20(4)27(32)31(26)17-22-9-7-6-8-10-22/h6-14,18,24H,15-17H2,1-5H3/t24-/m1/s1. The average Bonchev–Trinajstić information content (AvgIpc) is 3.25. The zero-order valence-corrected chi connectivity index (χ0v) is 19.7. The van der Waals surface area contributed by atoms with Crippen molar-refractivity contribution in [3.63, 3.8) is 0 Å². The normalized spacial score (nSPS) is 14.7. The molecule has 0 N–H and O–H groups in total. The molecule has 5 nitrogen and oxygen atoms in total. The first-order valence-corrected chi connectivity index (χ1v) is 11.4. The molecule has 1 aromatic heterocycles. The van der Waals surface area contributed by atoms with Crippen molar-refractivity contribution in [2.75, 3.05) is 13.1 Å². The summed E-state index contributed by atoms with van der Waals surface area (Å²) in [5, 5.41) is 0. The van der Waals surface area contributed by atoms with Crippen molar-refractivity contribution in [2.24, 2.45) is 10.9 Å². The molecule has 0 saturated carbocycles. The molecule has 0 aliphatic carbocycles. The molecular formula is C27H32N4O. The summed E-state index contributed by atoms with van der Waals surface area (Å²) in [4.78, 5) is 25.6. The Morgan fingerprint density at radius 2 is 1.66 bits per heavy atom. The van der Waals surface area contributed by atoms with Crippen LogP contribution in [0.25, 0.3) is 0 Å². The molecule has 5 heteroatoms. The van der Waals surface area contributed by atoms with E-state index in [-0.39, 0.29) is 17.5 Å². The van der Waals surface area contributed by atoms with Crippen LogP contribution in [0, 0.1) is 26.7 Å². The number of amidine groups is 1. The van der Waals surface area contributed by atoms with E-state index in [9.17, 15) is 4.79 Å². The maximum absolute atomic E-state index is 13.4. The zero-order valence-electron chi connectivity index (χ0n) is 19.7. The Morgan fingerprint density at radius 1 is 0.969 bits per heavy atom. The molecule has 0 saturated heterocycles. The van der Waals surface area contributed by atoms with Gasteiger partial charge in [0.25, 0.3) is 5.56 Å². The molecule has 1 atom stereocenters. The minimum Gasteiger partial charge on any atom is -0.344 e. The van der Waals surface area contributed by atoms with E-state index in [2.05, 4.69) is 62.1 Å². The van der Waals surface area contributed by atoms with E-state index in [1.165, 1.54) is 5.56 Å². The fourth-order valence-electron chi connectivity index (χ4n) is 4.41. The molecule has 0 radical (unpaired) electrons. The fourth-order valence-corrected chi connectivity index (χ4v) is 4.41. The summed E-state index contributed by atoms with van der Waals surface area (Å²) in [6.45, 7) is 12.4. The lowest BCUT2D eigenvalue weighted by Gasteiger charge is -2.35. The van der Waals surface area contributed by atoms with Gasteiger partial charge in [-0.1, -0.05) is 74.0 Å². The molecule has 0 bridgehead atoms. The van der Waals surface area contributed by atoms with Gasteiger partial charge in [0.15, 0.2) is 0 Å². The lowest BCUT2D eigenvalue weighted by molar-refractivity contribution is 0.249. The van der Waals surface area contributed by atoms with Crippen LogP contribution < -0.4 is 5.56 Å². The highest BCUT2D eigenvalue weighted by Gasteiger charge is 2.33. The first-order valence-electron chi connectivity index (χ1n) is 11.4. The Bertz CT molecular complexity index is 1180. The molecular weight excluding hydrogens is 396 g/mol. The predicted molar refractivity (Wildman–Crippen MR) is 130 cm³/mol. The van der Waals surface area contributed by atoms with Crippen LogP contribution in [-0.4, -0.2) is 33.4 Å². The highest BCUT2D eigenvalue weighted by atomic mass is 16.1. The van der Waals surface area contributed by atoms with E-state index in [1.807, 2.05) is 36.6 Å². The minimum absolute atomic E-state index is 0.0371. The molecule has 1 aliphatic rings.